The molecule has 2 N–H and O–H groups in total. The number of sulfonamides is 1. The highest BCUT2D eigenvalue weighted by atomic mass is 32.2. The van der Waals surface area contributed by atoms with Crippen molar-refractivity contribution in [2.24, 2.45) is 29.6 Å². The van der Waals surface area contributed by atoms with Crippen molar-refractivity contribution in [3.8, 4) is 0 Å². The summed E-state index contributed by atoms with van der Waals surface area (Å²) in [6.07, 6.45) is 4.86. The van der Waals surface area contributed by atoms with Crippen molar-refractivity contribution < 1.29 is 27.8 Å². The number of aliphatic hydroxyl groups is 1. The smallest absolute Gasteiger partial charge is 0.306 e. The molecule has 2 bridgehead atoms. The minimum absolute atomic E-state index is 0.0130. The molecule has 1 aromatic heterocycles. The Labute approximate surface area is 282 Å². The first-order chi connectivity index (χ1) is 22.5. The number of aliphatic hydroxyl groups excluding tert-OH is 1. The van der Waals surface area contributed by atoms with Gasteiger partial charge >= 0.3 is 5.97 Å². The van der Waals surface area contributed by atoms with Crippen LogP contribution in [0.4, 0.5) is 5.13 Å². The highest BCUT2D eigenvalue weighted by molar-refractivity contribution is 7.89. The number of hydrogen-bond acceptors (Lipinski definition) is 9. The number of esters is 1. The fraction of sp³-hybridized carbons (Fsp3) is 0.611. The molecule has 9 nitrogen and oxygen atoms in total. The van der Waals surface area contributed by atoms with E-state index in [9.17, 15) is 18.3 Å². The van der Waals surface area contributed by atoms with Gasteiger partial charge in [0, 0.05) is 31.0 Å². The third kappa shape index (κ3) is 7.25. The first kappa shape index (κ1) is 33.0. The van der Waals surface area contributed by atoms with Gasteiger partial charge in [0.1, 0.15) is 6.10 Å². The monoisotopic (exact) mass is 681 g/mol. The van der Waals surface area contributed by atoms with Gasteiger partial charge in [-0.3, -0.25) is 4.79 Å². The van der Waals surface area contributed by atoms with Crippen LogP contribution in [-0.4, -0.2) is 72.8 Å². The summed E-state index contributed by atoms with van der Waals surface area (Å²) >= 11 is 1.46. The zero-order chi connectivity index (χ0) is 32.9. The van der Waals surface area contributed by atoms with Crippen molar-refractivity contribution in [1.82, 2.24) is 9.29 Å². The lowest BCUT2D eigenvalue weighted by atomic mass is 9.86. The van der Waals surface area contributed by atoms with Gasteiger partial charge in [0.25, 0.3) is 0 Å². The number of benzene rings is 2. The predicted octanol–water partition coefficient (Wildman–Crippen LogP) is 5.79. The number of nitrogens with one attached hydrogen (secondary N) is 1. The molecule has 254 valence electrons. The van der Waals surface area contributed by atoms with Gasteiger partial charge in [-0.2, -0.15) is 4.31 Å². The van der Waals surface area contributed by atoms with Gasteiger partial charge in [0.15, 0.2) is 5.13 Å². The maximum absolute atomic E-state index is 14.2. The van der Waals surface area contributed by atoms with Gasteiger partial charge < -0.3 is 19.9 Å². The minimum Gasteiger partial charge on any atom is -0.462 e. The Morgan fingerprint density at radius 1 is 1.11 bits per heavy atom. The summed E-state index contributed by atoms with van der Waals surface area (Å²) in [5.74, 6) is 0.270. The topological polar surface area (TPSA) is 118 Å². The van der Waals surface area contributed by atoms with Crippen LogP contribution in [0.5, 0.6) is 0 Å². The summed E-state index contributed by atoms with van der Waals surface area (Å²) in [5.41, 5.74) is 2.87. The fourth-order valence-corrected chi connectivity index (χ4v) is 10.6. The number of aromatic nitrogens is 1. The van der Waals surface area contributed by atoms with E-state index in [1.807, 2.05) is 45.0 Å². The molecular formula is C36H47N3O6S2. The lowest BCUT2D eigenvalue weighted by Gasteiger charge is -2.31. The molecule has 2 heterocycles. The molecule has 2 aromatic carbocycles. The van der Waals surface area contributed by atoms with Crippen molar-refractivity contribution >= 4 is 42.7 Å². The van der Waals surface area contributed by atoms with E-state index in [4.69, 9.17) is 9.47 Å². The Kier molecular flexibility index (Phi) is 9.38. The molecule has 47 heavy (non-hydrogen) atoms. The second kappa shape index (κ2) is 13.4. The Hall–Kier alpha value is -2.57. The summed E-state index contributed by atoms with van der Waals surface area (Å²) < 4.78 is 42.7. The zero-order valence-corrected chi connectivity index (χ0v) is 29.1. The third-order valence-corrected chi connectivity index (χ3v) is 13.3. The van der Waals surface area contributed by atoms with Gasteiger partial charge in [0.2, 0.25) is 10.0 Å². The van der Waals surface area contributed by atoms with Gasteiger partial charge in [-0.05, 0) is 87.0 Å². The predicted molar refractivity (Wildman–Crippen MR) is 183 cm³/mol. The number of rotatable bonds is 14. The molecule has 4 fully saturated rings. The number of carbonyl (C=O) groups excluding carboxylic acids is 1. The number of fused-ring (bicyclic) bond motifs is 2. The van der Waals surface area contributed by atoms with E-state index in [2.05, 4.69) is 10.3 Å². The number of anilines is 1. The second-order valence-corrected chi connectivity index (χ2v) is 17.7. The summed E-state index contributed by atoms with van der Waals surface area (Å²) in [6.45, 7) is 6.72. The fourth-order valence-electron chi connectivity index (χ4n) is 7.90. The summed E-state index contributed by atoms with van der Waals surface area (Å²) in [6, 6.07) is 13.6. The van der Waals surface area contributed by atoms with Crippen LogP contribution in [0.15, 0.2) is 47.4 Å². The molecule has 3 aliphatic carbocycles. The number of nitrogens with zero attached hydrogens (tertiary/aromatic N) is 2. The number of aryl methyl sites for hydroxylation is 1. The average Bonchev–Trinajstić information content (AvgIpc) is 3.49. The number of ether oxygens (including phenoxy) is 2. The molecule has 3 aromatic rings. The van der Waals surface area contributed by atoms with Gasteiger partial charge in [-0.1, -0.05) is 55.0 Å². The van der Waals surface area contributed by atoms with Crippen molar-refractivity contribution in [3.05, 3.63) is 53.6 Å². The van der Waals surface area contributed by atoms with E-state index in [0.717, 1.165) is 58.6 Å². The zero-order valence-electron chi connectivity index (χ0n) is 27.5. The van der Waals surface area contributed by atoms with Crippen LogP contribution in [0.25, 0.3) is 10.2 Å². The number of thiazole rings is 1. The molecule has 1 aliphatic heterocycles. The van der Waals surface area contributed by atoms with Crippen LogP contribution >= 0.6 is 11.3 Å². The molecule has 3 saturated carbocycles. The quantitative estimate of drug-likeness (QED) is 0.205. The number of carbonyl (C=O) groups is 1. The van der Waals surface area contributed by atoms with E-state index >= 15 is 0 Å². The standard InChI is InChI=1S/C36H47N3O6S2/c1-21(2)18-39(47(42,43)27-11-12-30-33(17-27)46-36(38-30)37-26-9-10-26)19-31(40)25(14-23-6-4-22(3)5-7-23)16-34(41)45-35-24-8-13-32-28(15-24)29(35)20-44-32/h4-7,11-12,17,21,24-26,28-29,31-32,35,40H,8-10,13-16,18-20H2,1-3H3,(H,37,38)/t24?,25-,28?,29?,31-,32?,35?/m1/s1. The second-order valence-electron chi connectivity index (χ2n) is 14.7. The molecule has 0 radical (unpaired) electrons. The van der Waals surface area contributed by atoms with Crippen LogP contribution in [0.2, 0.25) is 0 Å². The van der Waals surface area contributed by atoms with Gasteiger partial charge in [0.05, 0.1) is 40.3 Å². The Bertz CT molecular complexity index is 1690. The van der Waals surface area contributed by atoms with Crippen LogP contribution in [0.1, 0.15) is 63.5 Å². The van der Waals surface area contributed by atoms with Crippen LogP contribution < -0.4 is 5.32 Å². The summed E-state index contributed by atoms with van der Waals surface area (Å²) in [5, 5.41) is 16.0. The Morgan fingerprint density at radius 2 is 1.89 bits per heavy atom. The van der Waals surface area contributed by atoms with Crippen LogP contribution in [-0.2, 0) is 30.7 Å². The largest absolute Gasteiger partial charge is 0.462 e. The first-order valence-corrected chi connectivity index (χ1v) is 19.5. The maximum Gasteiger partial charge on any atom is 0.306 e. The lowest BCUT2D eigenvalue weighted by molar-refractivity contribution is -0.156. The molecule has 1 saturated heterocycles. The van der Waals surface area contributed by atoms with Gasteiger partial charge in [-0.25, -0.2) is 13.4 Å². The van der Waals surface area contributed by atoms with E-state index < -0.39 is 22.0 Å². The minimum atomic E-state index is -3.96. The van der Waals surface area contributed by atoms with Crippen LogP contribution in [0, 0.1) is 36.5 Å². The van der Waals surface area contributed by atoms with Crippen molar-refractivity contribution in [3.63, 3.8) is 0 Å². The van der Waals surface area contributed by atoms with Crippen molar-refractivity contribution in [2.75, 3.05) is 25.0 Å². The number of hydrogen-bond donors (Lipinski definition) is 2. The molecule has 0 amide bonds. The van der Waals surface area contributed by atoms with Crippen molar-refractivity contribution in [1.29, 1.82) is 0 Å². The lowest BCUT2D eigenvalue weighted by Crippen LogP contribution is -2.43. The van der Waals surface area contributed by atoms with Gasteiger partial charge in [-0.15, -0.1) is 0 Å². The highest BCUT2D eigenvalue weighted by Gasteiger charge is 2.55. The van der Waals surface area contributed by atoms with E-state index in [1.54, 1.807) is 18.2 Å². The molecular weight excluding hydrogens is 635 g/mol. The molecule has 4 aliphatic rings. The summed E-state index contributed by atoms with van der Waals surface area (Å²) in [4.78, 5) is 18.4. The maximum atomic E-state index is 14.2. The highest BCUT2D eigenvalue weighted by Crippen LogP contribution is 2.52. The van der Waals surface area contributed by atoms with E-state index in [1.165, 1.54) is 15.6 Å². The Balaban J connectivity index is 1.10. The molecule has 0 spiro atoms. The molecule has 5 unspecified atom stereocenters. The van der Waals surface area contributed by atoms with E-state index in [0.29, 0.717) is 37.0 Å². The molecule has 11 heteroatoms. The molecule has 7 rings (SSSR count). The summed E-state index contributed by atoms with van der Waals surface area (Å²) in [7, 11) is -3.96. The van der Waals surface area contributed by atoms with Crippen LogP contribution in [0.3, 0.4) is 0 Å². The first-order valence-electron chi connectivity index (χ1n) is 17.3. The third-order valence-electron chi connectivity index (χ3n) is 10.5. The SMILES string of the molecule is Cc1ccc(C[C@H](CC(=O)OC2C3CCC4OCC2C4C3)[C@H](O)CN(CC(C)C)S(=O)(=O)c2ccc3nc(NC4CC4)sc3c2)cc1. The normalized spacial score (nSPS) is 26.6. The molecule has 7 atom stereocenters. The van der Waals surface area contributed by atoms with E-state index in [-0.39, 0.29) is 48.3 Å². The van der Waals surface area contributed by atoms with Crippen molar-refractivity contribution in [2.45, 2.75) is 95.0 Å². The Morgan fingerprint density at radius 3 is 2.64 bits per heavy atom. The average molecular weight is 682 g/mol.